The molecule has 1 fully saturated rings. The van der Waals surface area contributed by atoms with Crippen LogP contribution in [0.25, 0.3) is 5.76 Å². The number of hydrogen-bond acceptors (Lipinski definition) is 5. The first-order chi connectivity index (χ1) is 17.4. The molecule has 3 rings (SSSR count). The van der Waals surface area contributed by atoms with Gasteiger partial charge in [-0.25, -0.2) is 0 Å². The van der Waals surface area contributed by atoms with Gasteiger partial charge in [0, 0.05) is 18.5 Å². The number of Topliss-reactive ketones (excluding diaryl/α,β-unsaturated/α-hetero) is 1. The molecule has 1 aliphatic rings. The highest BCUT2D eigenvalue weighted by Gasteiger charge is 2.44. The normalized spacial score (nSPS) is 17.0. The van der Waals surface area contributed by atoms with Gasteiger partial charge in [0.2, 0.25) is 5.78 Å². The van der Waals surface area contributed by atoms with Crippen molar-refractivity contribution in [3.8, 4) is 11.5 Å². The Bertz CT molecular complexity index is 1090. The largest absolute Gasteiger partial charge is 0.872 e. The summed E-state index contributed by atoms with van der Waals surface area (Å²) in [7, 11) is 0. The van der Waals surface area contributed by atoms with Gasteiger partial charge >= 0.3 is 0 Å². The Hall–Kier alpha value is -3.58. The third-order valence-electron chi connectivity index (χ3n) is 6.43. The maximum Gasteiger partial charge on any atom is 0.295 e. The molecular weight excluding hydrogens is 456 g/mol. The lowest BCUT2D eigenvalue weighted by molar-refractivity contribution is -0.896. The fraction of sp³-hybridized carbons (Fsp3) is 0.379. The van der Waals surface area contributed by atoms with Crippen molar-refractivity contribution in [2.45, 2.75) is 33.2 Å². The molecule has 1 unspecified atom stereocenters. The molecule has 1 N–H and O–H groups in total. The molecule has 0 radical (unpaired) electrons. The molecule has 1 saturated heterocycles. The predicted molar refractivity (Wildman–Crippen MR) is 138 cm³/mol. The van der Waals surface area contributed by atoms with Crippen LogP contribution in [-0.4, -0.2) is 56.0 Å². The number of nitrogens with one attached hydrogen (secondary N) is 1. The van der Waals surface area contributed by atoms with Gasteiger partial charge in [-0.1, -0.05) is 42.7 Å². The van der Waals surface area contributed by atoms with Gasteiger partial charge < -0.3 is 24.4 Å². The summed E-state index contributed by atoms with van der Waals surface area (Å²) in [5.41, 5.74) is 0.980. The number of nitrogens with zero attached hydrogens (tertiary/aromatic N) is 1. The Morgan fingerprint density at radius 3 is 2.42 bits per heavy atom. The molecule has 0 aliphatic carbocycles. The summed E-state index contributed by atoms with van der Waals surface area (Å²) in [6, 6.07) is 13.1. The Morgan fingerprint density at radius 2 is 1.78 bits per heavy atom. The third kappa shape index (κ3) is 6.15. The number of rotatable bonds is 13. The van der Waals surface area contributed by atoms with Crippen LogP contribution in [0.1, 0.15) is 44.4 Å². The zero-order valence-electron chi connectivity index (χ0n) is 21.4. The summed E-state index contributed by atoms with van der Waals surface area (Å²) in [6.07, 6.45) is 2.37. The van der Waals surface area contributed by atoms with Crippen molar-refractivity contribution in [1.29, 1.82) is 0 Å². The molecule has 1 atom stereocenters. The highest BCUT2D eigenvalue weighted by Crippen LogP contribution is 2.39. The quantitative estimate of drug-likeness (QED) is 0.201. The molecular formula is C29H36N2O5. The molecule has 2 aromatic carbocycles. The number of ketones is 1. The van der Waals surface area contributed by atoms with Gasteiger partial charge in [0.05, 0.1) is 32.3 Å². The molecule has 1 aliphatic heterocycles. The van der Waals surface area contributed by atoms with Gasteiger partial charge in [0.15, 0.2) is 0 Å². The van der Waals surface area contributed by atoms with Crippen molar-refractivity contribution < 1.29 is 29.1 Å². The molecule has 7 nitrogen and oxygen atoms in total. The van der Waals surface area contributed by atoms with E-state index >= 15 is 0 Å². The monoisotopic (exact) mass is 492 g/mol. The van der Waals surface area contributed by atoms with Gasteiger partial charge in [-0.15, -0.1) is 0 Å². The van der Waals surface area contributed by atoms with E-state index in [2.05, 4.69) is 20.4 Å². The number of hydrogen-bond donors (Lipinski definition) is 1. The Morgan fingerprint density at radius 1 is 1.06 bits per heavy atom. The second-order valence-electron chi connectivity index (χ2n) is 8.66. The van der Waals surface area contributed by atoms with E-state index in [-0.39, 0.29) is 5.57 Å². The lowest BCUT2D eigenvalue weighted by Gasteiger charge is -2.28. The van der Waals surface area contributed by atoms with Crippen LogP contribution in [0.5, 0.6) is 11.5 Å². The second-order valence-corrected chi connectivity index (χ2v) is 8.66. The zero-order chi connectivity index (χ0) is 26.1. The fourth-order valence-electron chi connectivity index (χ4n) is 4.50. The number of ether oxygens (including phenoxy) is 2. The number of carbonyl (C=O) groups is 2. The minimum Gasteiger partial charge on any atom is -0.872 e. The smallest absolute Gasteiger partial charge is 0.295 e. The average Bonchev–Trinajstić information content (AvgIpc) is 3.15. The number of likely N-dealkylation sites (tertiary alicyclic amines) is 1. The molecule has 0 saturated carbocycles. The standard InChI is InChI=1S/C29H36N2O5/c1-5-19-36-24-12-9-11-22(20-24)26-25(27(32)21-13-15-23(16-14-21)35-8-4)28(33)29(34)31(26)18-10-17-30(6-2)7-3/h5,9,11-16,20,26,32H,1,6-8,10,17-19H2,2-4H3/b27-25+. The Balaban J connectivity index is 2.03. The average molecular weight is 493 g/mol. The molecule has 0 aromatic heterocycles. The summed E-state index contributed by atoms with van der Waals surface area (Å²) in [5, 5.41) is 13.6. The fourth-order valence-corrected chi connectivity index (χ4v) is 4.50. The molecule has 1 heterocycles. The summed E-state index contributed by atoms with van der Waals surface area (Å²) in [5.74, 6) is -0.611. The van der Waals surface area contributed by atoms with Crippen LogP contribution >= 0.6 is 0 Å². The van der Waals surface area contributed by atoms with Crippen LogP contribution in [-0.2, 0) is 9.59 Å². The zero-order valence-corrected chi connectivity index (χ0v) is 21.4. The molecule has 192 valence electrons. The van der Waals surface area contributed by atoms with Gasteiger partial charge in [0.1, 0.15) is 18.1 Å². The maximum atomic E-state index is 13.6. The number of quaternary nitrogens is 1. The number of amides is 1. The Labute approximate surface area is 213 Å². The summed E-state index contributed by atoms with van der Waals surface area (Å²) >= 11 is 0. The first-order valence-electron chi connectivity index (χ1n) is 12.6. The van der Waals surface area contributed by atoms with E-state index in [0.29, 0.717) is 42.4 Å². The molecule has 0 bridgehead atoms. The molecule has 0 spiro atoms. The van der Waals surface area contributed by atoms with Gasteiger partial charge in [-0.3, -0.25) is 9.59 Å². The van der Waals surface area contributed by atoms with Crippen LogP contribution in [0, 0.1) is 0 Å². The van der Waals surface area contributed by atoms with Crippen LogP contribution in [0.15, 0.2) is 66.8 Å². The van der Waals surface area contributed by atoms with Gasteiger partial charge in [0.25, 0.3) is 5.91 Å². The van der Waals surface area contributed by atoms with E-state index in [1.165, 1.54) is 4.90 Å². The minimum atomic E-state index is -0.775. The lowest BCUT2D eigenvalue weighted by atomic mass is 9.95. The number of benzene rings is 2. The number of carbonyl (C=O) groups excluding carboxylic acids is 2. The van der Waals surface area contributed by atoms with E-state index in [4.69, 9.17) is 9.47 Å². The van der Waals surface area contributed by atoms with Gasteiger partial charge in [-0.2, -0.15) is 0 Å². The highest BCUT2D eigenvalue weighted by atomic mass is 16.5. The highest BCUT2D eigenvalue weighted by molar-refractivity contribution is 6.46. The first-order valence-corrected chi connectivity index (χ1v) is 12.6. The van der Waals surface area contributed by atoms with E-state index < -0.39 is 23.5 Å². The Kier molecular flexibility index (Phi) is 9.70. The van der Waals surface area contributed by atoms with E-state index in [1.54, 1.807) is 53.4 Å². The van der Waals surface area contributed by atoms with E-state index in [0.717, 1.165) is 26.1 Å². The van der Waals surface area contributed by atoms with E-state index in [1.807, 2.05) is 13.0 Å². The SMILES string of the molecule is C=CCOc1cccc(C2/C(=C(\[O-])c3ccc(OCC)cc3)C(=O)C(=O)N2CCC[NH+](CC)CC)c1. The van der Waals surface area contributed by atoms with Crippen LogP contribution in [0.3, 0.4) is 0 Å². The molecule has 7 heteroatoms. The van der Waals surface area contributed by atoms with Crippen molar-refractivity contribution in [3.05, 3.63) is 77.9 Å². The first kappa shape index (κ1) is 27.0. The van der Waals surface area contributed by atoms with Crippen molar-refractivity contribution in [3.63, 3.8) is 0 Å². The maximum absolute atomic E-state index is 13.6. The lowest BCUT2D eigenvalue weighted by Crippen LogP contribution is -3.11. The van der Waals surface area contributed by atoms with Crippen molar-refractivity contribution >= 4 is 17.4 Å². The second kappa shape index (κ2) is 12.9. The minimum absolute atomic E-state index is 0.0276. The molecule has 2 aromatic rings. The summed E-state index contributed by atoms with van der Waals surface area (Å²) < 4.78 is 11.2. The summed E-state index contributed by atoms with van der Waals surface area (Å²) in [6.45, 7) is 13.9. The molecule has 1 amide bonds. The van der Waals surface area contributed by atoms with Crippen LogP contribution < -0.4 is 19.5 Å². The van der Waals surface area contributed by atoms with Crippen LogP contribution in [0.2, 0.25) is 0 Å². The third-order valence-corrected chi connectivity index (χ3v) is 6.43. The predicted octanol–water partition coefficient (Wildman–Crippen LogP) is 2.19. The van der Waals surface area contributed by atoms with Crippen molar-refractivity contribution in [2.75, 3.05) is 39.4 Å². The van der Waals surface area contributed by atoms with Crippen LogP contribution in [0.4, 0.5) is 0 Å². The van der Waals surface area contributed by atoms with E-state index in [9.17, 15) is 14.7 Å². The van der Waals surface area contributed by atoms with Crippen molar-refractivity contribution in [1.82, 2.24) is 4.90 Å². The topological polar surface area (TPSA) is 83.3 Å². The molecule has 36 heavy (non-hydrogen) atoms. The summed E-state index contributed by atoms with van der Waals surface area (Å²) in [4.78, 5) is 29.4. The van der Waals surface area contributed by atoms with Gasteiger partial charge in [-0.05, 0) is 56.2 Å². The van der Waals surface area contributed by atoms with Crippen molar-refractivity contribution in [2.24, 2.45) is 0 Å².